The third kappa shape index (κ3) is 2.94. The van der Waals surface area contributed by atoms with E-state index in [-0.39, 0.29) is 6.54 Å². The summed E-state index contributed by atoms with van der Waals surface area (Å²) in [5.74, 6) is -1.98. The molecule has 1 aliphatic rings. The fraction of sp³-hybridized carbons (Fsp3) is 0.250. The zero-order chi connectivity index (χ0) is 12.8. The third-order valence-electron chi connectivity index (χ3n) is 2.26. The average molecular weight is 483 g/mol. The molecule has 1 aromatic carbocycles. The molecular formula is C8H8I2NO5P. The first-order valence-electron chi connectivity index (χ1n) is 4.43. The first-order valence-corrected chi connectivity index (χ1v) is 8.01. The quantitative estimate of drug-likeness (QED) is 0.257. The summed E-state index contributed by atoms with van der Waals surface area (Å²) < 4.78 is 17.9. The Labute approximate surface area is 125 Å². The zero-order valence-electron chi connectivity index (χ0n) is 8.25. The van der Waals surface area contributed by atoms with Crippen molar-refractivity contribution in [1.82, 2.24) is 0 Å². The van der Waals surface area contributed by atoms with Crippen molar-refractivity contribution in [2.45, 2.75) is 5.79 Å². The van der Waals surface area contributed by atoms with Crippen molar-refractivity contribution < 1.29 is 24.0 Å². The first kappa shape index (κ1) is 14.0. The number of halogens is 2. The summed E-state index contributed by atoms with van der Waals surface area (Å²) in [6.07, 6.45) is 0. The van der Waals surface area contributed by atoms with Gasteiger partial charge in [-0.15, -0.1) is 0 Å². The number of nitrogens with zero attached hydrogens (tertiary/aromatic N) is 1. The lowest BCUT2D eigenvalue weighted by atomic mass is 10.1. The fourth-order valence-electron chi connectivity index (χ4n) is 1.67. The van der Waals surface area contributed by atoms with Crippen LogP contribution in [0.2, 0.25) is 0 Å². The minimum atomic E-state index is -4.76. The van der Waals surface area contributed by atoms with E-state index in [2.05, 4.69) is 27.1 Å². The van der Waals surface area contributed by atoms with Gasteiger partial charge in [-0.1, -0.05) is 0 Å². The lowest BCUT2D eigenvalue weighted by Gasteiger charge is -2.23. The van der Waals surface area contributed by atoms with E-state index >= 15 is 0 Å². The molecule has 0 aliphatic carbocycles. The SMILES string of the molecule is O=P(O)(O)OC1(O)CN(I)c2ccc(I)cc21. The van der Waals surface area contributed by atoms with Crippen LogP contribution < -0.4 is 3.11 Å². The van der Waals surface area contributed by atoms with Gasteiger partial charge in [-0.2, -0.15) is 0 Å². The Morgan fingerprint density at radius 2 is 2.12 bits per heavy atom. The zero-order valence-corrected chi connectivity index (χ0v) is 13.5. The molecular weight excluding hydrogens is 475 g/mol. The Morgan fingerprint density at radius 3 is 2.71 bits per heavy atom. The number of anilines is 1. The average Bonchev–Trinajstić information content (AvgIpc) is 2.35. The van der Waals surface area contributed by atoms with Gasteiger partial charge < -0.3 is 18.0 Å². The molecule has 1 unspecified atom stereocenters. The van der Waals surface area contributed by atoms with Gasteiger partial charge in [0.1, 0.15) is 0 Å². The van der Waals surface area contributed by atoms with Crippen LogP contribution in [0.4, 0.5) is 5.69 Å². The molecule has 0 saturated heterocycles. The molecule has 0 aromatic heterocycles. The van der Waals surface area contributed by atoms with E-state index in [1.807, 2.05) is 28.9 Å². The standard InChI is InChI=1S/C8H8I2NO5P/c9-5-1-2-7-6(3-5)8(12,4-11(7)10)16-17(13,14)15/h1-3,12H,4H2,(H2,13,14,15). The van der Waals surface area contributed by atoms with Gasteiger partial charge in [0.25, 0.3) is 0 Å². The monoisotopic (exact) mass is 483 g/mol. The van der Waals surface area contributed by atoms with Gasteiger partial charge in [0, 0.05) is 9.13 Å². The molecule has 2 rings (SSSR count). The van der Waals surface area contributed by atoms with Crippen LogP contribution >= 0.6 is 53.3 Å². The molecule has 17 heavy (non-hydrogen) atoms. The fourth-order valence-corrected chi connectivity index (χ4v) is 3.59. The van der Waals surface area contributed by atoms with E-state index in [4.69, 9.17) is 9.79 Å². The molecule has 0 amide bonds. The minimum Gasteiger partial charge on any atom is -0.360 e. The second-order valence-electron chi connectivity index (χ2n) is 3.55. The number of phosphoric ester groups is 1. The highest BCUT2D eigenvalue weighted by atomic mass is 127. The first-order chi connectivity index (χ1) is 7.71. The van der Waals surface area contributed by atoms with E-state index in [1.165, 1.54) is 0 Å². The maximum Gasteiger partial charge on any atom is 0.472 e. The van der Waals surface area contributed by atoms with Gasteiger partial charge >= 0.3 is 7.82 Å². The molecule has 0 bridgehead atoms. The van der Waals surface area contributed by atoms with Crippen LogP contribution in [0.25, 0.3) is 0 Å². The second kappa shape index (κ2) is 4.58. The summed E-state index contributed by atoms with van der Waals surface area (Å²) in [6, 6.07) is 5.25. The maximum atomic E-state index is 10.9. The van der Waals surface area contributed by atoms with Crippen LogP contribution in [0, 0.1) is 3.57 Å². The summed E-state index contributed by atoms with van der Waals surface area (Å²) >= 11 is 4.00. The number of fused-ring (bicyclic) bond motifs is 1. The molecule has 0 fully saturated rings. The maximum absolute atomic E-state index is 10.9. The Kier molecular flexibility index (Phi) is 3.77. The van der Waals surface area contributed by atoms with E-state index < -0.39 is 13.6 Å². The highest BCUT2D eigenvalue weighted by Gasteiger charge is 2.46. The lowest BCUT2D eigenvalue weighted by Crippen LogP contribution is -2.31. The Morgan fingerprint density at radius 1 is 1.47 bits per heavy atom. The summed E-state index contributed by atoms with van der Waals surface area (Å²) in [6.45, 7) is -0.0336. The largest absolute Gasteiger partial charge is 0.472 e. The van der Waals surface area contributed by atoms with Gasteiger partial charge in [-0.25, -0.2) is 9.09 Å². The molecule has 3 N–H and O–H groups in total. The highest BCUT2D eigenvalue weighted by Crippen LogP contribution is 2.50. The number of hydrogen-bond donors (Lipinski definition) is 3. The highest BCUT2D eigenvalue weighted by molar-refractivity contribution is 14.1. The van der Waals surface area contributed by atoms with Crippen molar-refractivity contribution in [3.8, 4) is 0 Å². The number of benzene rings is 1. The van der Waals surface area contributed by atoms with Crippen molar-refractivity contribution in [2.75, 3.05) is 9.66 Å². The molecule has 0 spiro atoms. The molecule has 1 aliphatic heterocycles. The van der Waals surface area contributed by atoms with E-state index in [0.29, 0.717) is 11.3 Å². The molecule has 6 nitrogen and oxygen atoms in total. The topological polar surface area (TPSA) is 90.2 Å². The van der Waals surface area contributed by atoms with Crippen LogP contribution in [0.5, 0.6) is 0 Å². The number of β-amino-alcohol motifs (C(OH)–C–C–N with tert-alkyl or cyclic N) is 1. The predicted octanol–water partition coefficient (Wildman–Crippen LogP) is 1.72. The normalized spacial score (nSPS) is 23.9. The minimum absolute atomic E-state index is 0.0336. The number of rotatable bonds is 2. The van der Waals surface area contributed by atoms with Crippen molar-refractivity contribution >= 4 is 59.0 Å². The number of phosphoric acid groups is 1. The van der Waals surface area contributed by atoms with Crippen LogP contribution in [0.3, 0.4) is 0 Å². The van der Waals surface area contributed by atoms with Crippen molar-refractivity contribution in [1.29, 1.82) is 0 Å². The van der Waals surface area contributed by atoms with Crippen molar-refractivity contribution in [3.05, 3.63) is 27.3 Å². The van der Waals surface area contributed by atoms with Crippen LogP contribution in [-0.2, 0) is 14.9 Å². The van der Waals surface area contributed by atoms with Crippen molar-refractivity contribution in [3.63, 3.8) is 0 Å². The Bertz CT molecular complexity index is 507. The van der Waals surface area contributed by atoms with Crippen LogP contribution in [0.15, 0.2) is 18.2 Å². The molecule has 0 radical (unpaired) electrons. The number of aliphatic hydroxyl groups is 1. The van der Waals surface area contributed by atoms with Gasteiger partial charge in [-0.3, -0.25) is 0 Å². The summed E-state index contributed by atoms with van der Waals surface area (Å²) in [5, 5.41) is 10.2. The summed E-state index contributed by atoms with van der Waals surface area (Å²) in [5.41, 5.74) is 1.05. The van der Waals surface area contributed by atoms with Gasteiger partial charge in [0.05, 0.1) is 35.1 Å². The Hall–Kier alpha value is 0.550. The van der Waals surface area contributed by atoms with Gasteiger partial charge in [-0.05, 0) is 40.8 Å². The molecule has 1 aromatic rings. The molecule has 94 valence electrons. The number of hydrogen-bond acceptors (Lipinski definition) is 4. The molecule has 9 heteroatoms. The second-order valence-corrected chi connectivity index (χ2v) is 7.12. The van der Waals surface area contributed by atoms with Gasteiger partial charge in [0.15, 0.2) is 0 Å². The Balaban J connectivity index is 2.48. The van der Waals surface area contributed by atoms with E-state index in [0.717, 1.165) is 3.57 Å². The van der Waals surface area contributed by atoms with Crippen molar-refractivity contribution in [2.24, 2.45) is 0 Å². The molecule has 1 heterocycles. The van der Waals surface area contributed by atoms with Crippen LogP contribution in [-0.4, -0.2) is 21.4 Å². The van der Waals surface area contributed by atoms with Gasteiger partial charge in [0.2, 0.25) is 5.79 Å². The predicted molar refractivity (Wildman–Crippen MR) is 77.6 cm³/mol. The smallest absolute Gasteiger partial charge is 0.360 e. The third-order valence-corrected chi connectivity index (χ3v) is 4.34. The summed E-state index contributed by atoms with van der Waals surface area (Å²) in [4.78, 5) is 17.7. The summed E-state index contributed by atoms with van der Waals surface area (Å²) in [7, 11) is -4.76. The molecule has 1 atom stereocenters. The van der Waals surface area contributed by atoms with Crippen LogP contribution in [0.1, 0.15) is 5.56 Å². The van der Waals surface area contributed by atoms with E-state index in [1.54, 1.807) is 15.2 Å². The lowest BCUT2D eigenvalue weighted by molar-refractivity contribution is -0.141. The van der Waals surface area contributed by atoms with E-state index in [9.17, 15) is 9.67 Å². The molecule has 0 saturated carbocycles.